The van der Waals surface area contributed by atoms with Gasteiger partial charge in [0.2, 0.25) is 0 Å². The molecular formula is C11H15N3O3. The molecule has 1 atom stereocenters. The van der Waals surface area contributed by atoms with Gasteiger partial charge in [-0.25, -0.2) is 4.98 Å². The molecule has 0 aliphatic carbocycles. The summed E-state index contributed by atoms with van der Waals surface area (Å²) in [4.78, 5) is 15.6. The van der Waals surface area contributed by atoms with Crippen LogP contribution in [-0.2, 0) is 9.47 Å². The van der Waals surface area contributed by atoms with Gasteiger partial charge in [-0.2, -0.15) is 0 Å². The van der Waals surface area contributed by atoms with Crippen molar-refractivity contribution in [2.45, 2.75) is 6.10 Å². The fourth-order valence-electron chi connectivity index (χ4n) is 1.55. The molecule has 1 aromatic heterocycles. The van der Waals surface area contributed by atoms with E-state index in [2.05, 4.69) is 10.3 Å². The zero-order valence-corrected chi connectivity index (χ0v) is 9.39. The summed E-state index contributed by atoms with van der Waals surface area (Å²) in [6.07, 6.45) is 1.43. The predicted molar refractivity (Wildman–Crippen MR) is 61.5 cm³/mol. The fraction of sp³-hybridized carbons (Fsp3) is 0.455. The Morgan fingerprint density at radius 2 is 2.47 bits per heavy atom. The van der Waals surface area contributed by atoms with Gasteiger partial charge >= 0.3 is 0 Å². The highest BCUT2D eigenvalue weighted by molar-refractivity contribution is 5.94. The summed E-state index contributed by atoms with van der Waals surface area (Å²) >= 11 is 0. The Hall–Kier alpha value is -1.66. The van der Waals surface area contributed by atoms with Gasteiger partial charge < -0.3 is 20.5 Å². The third-order valence-electron chi connectivity index (χ3n) is 2.42. The summed E-state index contributed by atoms with van der Waals surface area (Å²) in [5.41, 5.74) is 5.99. The first-order valence-electron chi connectivity index (χ1n) is 5.45. The van der Waals surface area contributed by atoms with Crippen LogP contribution in [0.5, 0.6) is 0 Å². The Morgan fingerprint density at radius 3 is 3.18 bits per heavy atom. The molecule has 6 heteroatoms. The third kappa shape index (κ3) is 3.40. The van der Waals surface area contributed by atoms with Crippen molar-refractivity contribution in [3.05, 3.63) is 23.9 Å². The van der Waals surface area contributed by atoms with Crippen LogP contribution in [0.3, 0.4) is 0 Å². The van der Waals surface area contributed by atoms with E-state index in [1.807, 2.05) is 0 Å². The maximum atomic E-state index is 11.7. The van der Waals surface area contributed by atoms with Crippen molar-refractivity contribution in [2.24, 2.45) is 0 Å². The molecule has 0 radical (unpaired) electrons. The number of aromatic nitrogens is 1. The van der Waals surface area contributed by atoms with E-state index in [1.54, 1.807) is 6.07 Å². The molecule has 1 unspecified atom stereocenters. The first-order valence-corrected chi connectivity index (χ1v) is 5.45. The van der Waals surface area contributed by atoms with Crippen LogP contribution in [0.2, 0.25) is 0 Å². The van der Waals surface area contributed by atoms with Crippen LogP contribution in [-0.4, -0.2) is 43.4 Å². The molecule has 1 saturated heterocycles. The van der Waals surface area contributed by atoms with Crippen molar-refractivity contribution < 1.29 is 14.3 Å². The minimum Gasteiger partial charge on any atom is -0.384 e. The van der Waals surface area contributed by atoms with E-state index in [4.69, 9.17) is 15.2 Å². The van der Waals surface area contributed by atoms with Gasteiger partial charge in [0.25, 0.3) is 5.91 Å². The molecule has 1 aromatic rings. The lowest BCUT2D eigenvalue weighted by Gasteiger charge is -2.23. The molecule has 0 saturated carbocycles. The maximum absolute atomic E-state index is 11.7. The lowest BCUT2D eigenvalue weighted by Crippen LogP contribution is -2.39. The van der Waals surface area contributed by atoms with Gasteiger partial charge in [0.15, 0.2) is 0 Å². The number of nitrogens with one attached hydrogen (secondary N) is 1. The number of nitrogen functional groups attached to an aromatic ring is 1. The lowest BCUT2D eigenvalue weighted by atomic mass is 10.2. The second-order valence-electron chi connectivity index (χ2n) is 3.75. The van der Waals surface area contributed by atoms with E-state index < -0.39 is 0 Å². The summed E-state index contributed by atoms with van der Waals surface area (Å²) < 4.78 is 10.6. The second kappa shape index (κ2) is 5.60. The first-order chi connectivity index (χ1) is 8.25. The molecule has 2 heterocycles. The molecular weight excluding hydrogens is 222 g/mol. The summed E-state index contributed by atoms with van der Waals surface area (Å²) in [6.45, 7) is 2.13. The monoisotopic (exact) mass is 237 g/mol. The average molecular weight is 237 g/mol. The zero-order valence-electron chi connectivity index (χ0n) is 9.39. The zero-order chi connectivity index (χ0) is 12.1. The van der Waals surface area contributed by atoms with E-state index in [0.29, 0.717) is 37.7 Å². The number of carbonyl (C=O) groups is 1. The minimum absolute atomic E-state index is 0.0770. The number of ether oxygens (including phenoxy) is 2. The van der Waals surface area contributed by atoms with E-state index in [0.717, 1.165) is 0 Å². The Balaban J connectivity index is 1.84. The molecule has 1 aliphatic rings. The van der Waals surface area contributed by atoms with Crippen molar-refractivity contribution in [2.75, 3.05) is 32.1 Å². The largest absolute Gasteiger partial charge is 0.384 e. The molecule has 1 amide bonds. The van der Waals surface area contributed by atoms with Crippen LogP contribution in [0.4, 0.5) is 5.82 Å². The molecule has 1 fully saturated rings. The molecule has 0 aromatic carbocycles. The number of nitrogens with zero attached hydrogens (tertiary/aromatic N) is 1. The normalized spacial score (nSPS) is 19.9. The SMILES string of the molecule is Nc1cc(C(=O)NCC2COCCO2)ccn1. The average Bonchev–Trinajstić information content (AvgIpc) is 2.37. The first kappa shape index (κ1) is 11.8. The number of amides is 1. The van der Waals surface area contributed by atoms with Gasteiger partial charge in [0.05, 0.1) is 25.9 Å². The Bertz CT molecular complexity index is 391. The number of carbonyl (C=O) groups excluding carboxylic acids is 1. The summed E-state index contributed by atoms with van der Waals surface area (Å²) in [5, 5.41) is 2.77. The Morgan fingerprint density at radius 1 is 1.59 bits per heavy atom. The van der Waals surface area contributed by atoms with Gasteiger partial charge in [0, 0.05) is 18.3 Å². The van der Waals surface area contributed by atoms with Crippen molar-refractivity contribution in [3.63, 3.8) is 0 Å². The Kier molecular flexibility index (Phi) is 3.89. The molecule has 17 heavy (non-hydrogen) atoms. The molecule has 6 nitrogen and oxygen atoms in total. The number of pyridine rings is 1. The molecule has 0 bridgehead atoms. The number of hydrogen-bond donors (Lipinski definition) is 2. The lowest BCUT2D eigenvalue weighted by molar-refractivity contribution is -0.0855. The third-order valence-corrected chi connectivity index (χ3v) is 2.42. The van der Waals surface area contributed by atoms with Crippen molar-refractivity contribution in [1.82, 2.24) is 10.3 Å². The van der Waals surface area contributed by atoms with Crippen LogP contribution < -0.4 is 11.1 Å². The molecule has 3 N–H and O–H groups in total. The van der Waals surface area contributed by atoms with Crippen molar-refractivity contribution in [3.8, 4) is 0 Å². The van der Waals surface area contributed by atoms with Crippen LogP contribution in [0.25, 0.3) is 0 Å². The molecule has 92 valence electrons. The Labute approximate surface area is 99.1 Å². The summed E-state index contributed by atoms with van der Waals surface area (Å²) in [6, 6.07) is 3.15. The second-order valence-corrected chi connectivity index (χ2v) is 3.75. The smallest absolute Gasteiger partial charge is 0.251 e. The van der Waals surface area contributed by atoms with E-state index >= 15 is 0 Å². The van der Waals surface area contributed by atoms with Crippen LogP contribution in [0.15, 0.2) is 18.3 Å². The highest BCUT2D eigenvalue weighted by Gasteiger charge is 2.15. The standard InChI is InChI=1S/C11H15N3O3/c12-10-5-8(1-2-13-10)11(15)14-6-9-7-16-3-4-17-9/h1-2,5,9H,3-4,6-7H2,(H2,12,13)(H,14,15). The van der Waals surface area contributed by atoms with Gasteiger partial charge in [-0.05, 0) is 12.1 Å². The van der Waals surface area contributed by atoms with Crippen LogP contribution >= 0.6 is 0 Å². The van der Waals surface area contributed by atoms with Gasteiger partial charge in [-0.15, -0.1) is 0 Å². The summed E-state index contributed by atoms with van der Waals surface area (Å²) in [5.74, 6) is 0.142. The van der Waals surface area contributed by atoms with Crippen LogP contribution in [0, 0.1) is 0 Å². The fourth-order valence-corrected chi connectivity index (χ4v) is 1.55. The number of anilines is 1. The highest BCUT2D eigenvalue weighted by atomic mass is 16.6. The van der Waals surface area contributed by atoms with Gasteiger partial charge in [-0.3, -0.25) is 4.79 Å². The maximum Gasteiger partial charge on any atom is 0.251 e. The topological polar surface area (TPSA) is 86.5 Å². The van der Waals surface area contributed by atoms with Gasteiger partial charge in [-0.1, -0.05) is 0 Å². The van der Waals surface area contributed by atoms with E-state index in [1.165, 1.54) is 12.3 Å². The summed E-state index contributed by atoms with van der Waals surface area (Å²) in [7, 11) is 0. The predicted octanol–water partition coefficient (Wildman–Crippen LogP) is -0.191. The molecule has 2 rings (SSSR count). The van der Waals surface area contributed by atoms with Crippen molar-refractivity contribution >= 4 is 11.7 Å². The van der Waals surface area contributed by atoms with Gasteiger partial charge in [0.1, 0.15) is 5.82 Å². The van der Waals surface area contributed by atoms with E-state index in [9.17, 15) is 4.79 Å². The van der Waals surface area contributed by atoms with Crippen molar-refractivity contribution in [1.29, 1.82) is 0 Å². The number of hydrogen-bond acceptors (Lipinski definition) is 5. The number of nitrogens with two attached hydrogens (primary N) is 1. The molecule has 0 spiro atoms. The quantitative estimate of drug-likeness (QED) is 0.761. The van der Waals surface area contributed by atoms with Crippen LogP contribution in [0.1, 0.15) is 10.4 Å². The highest BCUT2D eigenvalue weighted by Crippen LogP contribution is 2.03. The number of rotatable bonds is 3. The minimum atomic E-state index is -0.187. The molecule has 1 aliphatic heterocycles. The van der Waals surface area contributed by atoms with E-state index in [-0.39, 0.29) is 12.0 Å².